The third-order valence-electron chi connectivity index (χ3n) is 4.69. The van der Waals surface area contributed by atoms with E-state index in [1.807, 2.05) is 24.3 Å². The number of anilines is 1. The summed E-state index contributed by atoms with van der Waals surface area (Å²) in [7, 11) is 1.59. The zero-order valence-corrected chi connectivity index (χ0v) is 15.3. The fourth-order valence-corrected chi connectivity index (χ4v) is 3.21. The molecule has 0 N–H and O–H groups in total. The number of carbonyl (C=O) groups excluding carboxylic acids is 1. The third-order valence-corrected chi connectivity index (χ3v) is 4.69. The van der Waals surface area contributed by atoms with Gasteiger partial charge in [-0.3, -0.25) is 9.59 Å². The summed E-state index contributed by atoms with van der Waals surface area (Å²) in [6.45, 7) is 1.51. The summed E-state index contributed by atoms with van der Waals surface area (Å²) in [5.41, 5.74) is -1.56. The summed E-state index contributed by atoms with van der Waals surface area (Å²) < 4.78 is 44.7. The minimum absolute atomic E-state index is 0.388. The van der Waals surface area contributed by atoms with Gasteiger partial charge in [-0.05, 0) is 24.3 Å². The Balaban J connectivity index is 1.66. The Morgan fingerprint density at radius 1 is 1.07 bits per heavy atom. The van der Waals surface area contributed by atoms with Crippen LogP contribution in [-0.4, -0.2) is 48.7 Å². The number of hydrogen-bond donors (Lipinski definition) is 0. The Kier molecular flexibility index (Phi) is 5.62. The highest BCUT2D eigenvalue weighted by Gasteiger charge is 2.34. The van der Waals surface area contributed by atoms with Crippen molar-refractivity contribution in [3.8, 4) is 5.75 Å². The highest BCUT2D eigenvalue weighted by Crippen LogP contribution is 2.28. The van der Waals surface area contributed by atoms with E-state index in [2.05, 4.69) is 4.90 Å². The first-order valence-electron chi connectivity index (χ1n) is 8.73. The fraction of sp³-hybridized carbons (Fsp3) is 0.368. The summed E-state index contributed by atoms with van der Waals surface area (Å²) >= 11 is 0. The number of alkyl halides is 3. The average Bonchev–Trinajstić information content (AvgIpc) is 2.68. The van der Waals surface area contributed by atoms with Crippen LogP contribution in [0.5, 0.6) is 5.75 Å². The first-order chi connectivity index (χ1) is 13.3. The van der Waals surface area contributed by atoms with Crippen molar-refractivity contribution in [1.82, 2.24) is 9.47 Å². The predicted octanol–water partition coefficient (Wildman–Crippen LogP) is 2.22. The average molecular weight is 395 g/mol. The summed E-state index contributed by atoms with van der Waals surface area (Å²) in [5.74, 6) is 0.346. The van der Waals surface area contributed by atoms with Gasteiger partial charge >= 0.3 is 6.18 Å². The number of hydrogen-bond acceptors (Lipinski definition) is 4. The van der Waals surface area contributed by atoms with Gasteiger partial charge in [-0.25, -0.2) is 0 Å². The SMILES string of the molecule is COc1ccccc1N1CCN(C(=O)Cn2cccc(C(F)(F)F)c2=O)CC1. The molecule has 0 spiro atoms. The molecule has 28 heavy (non-hydrogen) atoms. The minimum Gasteiger partial charge on any atom is -0.495 e. The first-order valence-corrected chi connectivity index (χ1v) is 8.73. The zero-order valence-electron chi connectivity index (χ0n) is 15.3. The van der Waals surface area contributed by atoms with Crippen molar-refractivity contribution >= 4 is 11.6 Å². The second kappa shape index (κ2) is 7.95. The molecule has 0 atom stereocenters. The molecule has 1 aliphatic rings. The van der Waals surface area contributed by atoms with Crippen molar-refractivity contribution in [2.75, 3.05) is 38.2 Å². The number of aromatic nitrogens is 1. The number of methoxy groups -OCH3 is 1. The molecule has 1 aromatic heterocycles. The maximum absolute atomic E-state index is 12.9. The number of amides is 1. The van der Waals surface area contributed by atoms with Gasteiger partial charge < -0.3 is 19.1 Å². The molecule has 0 bridgehead atoms. The molecule has 1 saturated heterocycles. The lowest BCUT2D eigenvalue weighted by Crippen LogP contribution is -2.50. The van der Waals surface area contributed by atoms with Crippen LogP contribution in [0.1, 0.15) is 5.56 Å². The Labute approximate surface area is 159 Å². The number of pyridine rings is 1. The van der Waals surface area contributed by atoms with Crippen LogP contribution < -0.4 is 15.2 Å². The van der Waals surface area contributed by atoms with E-state index in [1.54, 1.807) is 12.0 Å². The quantitative estimate of drug-likeness (QED) is 0.797. The minimum atomic E-state index is -4.75. The lowest BCUT2D eigenvalue weighted by atomic mass is 10.2. The smallest absolute Gasteiger partial charge is 0.421 e. The van der Waals surface area contributed by atoms with Crippen molar-refractivity contribution in [3.05, 3.63) is 58.5 Å². The number of benzene rings is 1. The van der Waals surface area contributed by atoms with Crippen LogP contribution in [0.15, 0.2) is 47.4 Å². The molecule has 1 aliphatic heterocycles. The van der Waals surface area contributed by atoms with Crippen molar-refractivity contribution in [2.45, 2.75) is 12.7 Å². The van der Waals surface area contributed by atoms with E-state index < -0.39 is 23.8 Å². The number of ether oxygens (including phenoxy) is 1. The molecule has 150 valence electrons. The standard InChI is InChI=1S/C19H20F3N3O3/c1-28-16-7-3-2-6-15(16)23-9-11-24(12-10-23)17(26)13-25-8-4-5-14(18(25)27)19(20,21)22/h2-8H,9-13H2,1H3. The van der Waals surface area contributed by atoms with Crippen LogP contribution in [0.25, 0.3) is 0 Å². The third kappa shape index (κ3) is 4.13. The Hall–Kier alpha value is -2.97. The van der Waals surface area contributed by atoms with Crippen molar-refractivity contribution in [1.29, 1.82) is 0 Å². The van der Waals surface area contributed by atoms with E-state index in [0.717, 1.165) is 28.1 Å². The molecule has 0 saturated carbocycles. The van der Waals surface area contributed by atoms with Gasteiger partial charge in [0.2, 0.25) is 5.91 Å². The second-order valence-electron chi connectivity index (χ2n) is 6.39. The summed E-state index contributed by atoms with van der Waals surface area (Å²) in [6, 6.07) is 9.39. The molecule has 2 heterocycles. The van der Waals surface area contributed by atoms with Gasteiger partial charge in [0.25, 0.3) is 5.56 Å². The molecular weight excluding hydrogens is 375 g/mol. The summed E-state index contributed by atoms with van der Waals surface area (Å²) in [5, 5.41) is 0. The van der Waals surface area contributed by atoms with Crippen LogP contribution in [0, 0.1) is 0 Å². The van der Waals surface area contributed by atoms with E-state index in [4.69, 9.17) is 4.74 Å². The first kappa shape index (κ1) is 19.8. The maximum Gasteiger partial charge on any atom is 0.421 e. The number of halogens is 3. The molecule has 2 aromatic rings. The molecule has 1 amide bonds. The molecule has 6 nitrogen and oxygen atoms in total. The molecule has 0 radical (unpaired) electrons. The summed E-state index contributed by atoms with van der Waals surface area (Å²) in [4.78, 5) is 28.1. The number of carbonyl (C=O) groups is 1. The van der Waals surface area contributed by atoms with Gasteiger partial charge in [0, 0.05) is 32.4 Å². The molecule has 0 aliphatic carbocycles. The molecule has 9 heteroatoms. The van der Waals surface area contributed by atoms with Crippen LogP contribution >= 0.6 is 0 Å². The molecule has 1 aromatic carbocycles. The number of piperazine rings is 1. The number of rotatable bonds is 4. The normalized spacial score (nSPS) is 14.9. The maximum atomic E-state index is 12.9. The van der Waals surface area contributed by atoms with Crippen LogP contribution in [0.4, 0.5) is 18.9 Å². The Bertz CT molecular complexity index is 903. The molecule has 3 rings (SSSR count). The van der Waals surface area contributed by atoms with Gasteiger partial charge in [-0.15, -0.1) is 0 Å². The van der Waals surface area contributed by atoms with Crippen LogP contribution in [0.3, 0.4) is 0 Å². The second-order valence-corrected chi connectivity index (χ2v) is 6.39. The number of para-hydroxylation sites is 2. The zero-order chi connectivity index (χ0) is 20.3. The van der Waals surface area contributed by atoms with Crippen molar-refractivity contribution < 1.29 is 22.7 Å². The van der Waals surface area contributed by atoms with E-state index in [-0.39, 0.29) is 5.91 Å². The van der Waals surface area contributed by atoms with Crippen LogP contribution in [0.2, 0.25) is 0 Å². The van der Waals surface area contributed by atoms with Gasteiger partial charge in [-0.2, -0.15) is 13.2 Å². The monoisotopic (exact) mass is 395 g/mol. The van der Waals surface area contributed by atoms with Crippen LogP contribution in [-0.2, 0) is 17.5 Å². The van der Waals surface area contributed by atoms with E-state index in [0.29, 0.717) is 26.2 Å². The number of nitrogens with zero attached hydrogens (tertiary/aromatic N) is 3. The highest BCUT2D eigenvalue weighted by atomic mass is 19.4. The van der Waals surface area contributed by atoms with E-state index >= 15 is 0 Å². The van der Waals surface area contributed by atoms with Gasteiger partial charge in [0.15, 0.2) is 0 Å². The van der Waals surface area contributed by atoms with Crippen molar-refractivity contribution in [3.63, 3.8) is 0 Å². The van der Waals surface area contributed by atoms with E-state index in [1.165, 1.54) is 6.20 Å². The van der Waals surface area contributed by atoms with Gasteiger partial charge in [0.1, 0.15) is 17.9 Å². The topological polar surface area (TPSA) is 54.8 Å². The molecule has 0 unspecified atom stereocenters. The van der Waals surface area contributed by atoms with Crippen molar-refractivity contribution in [2.24, 2.45) is 0 Å². The lowest BCUT2D eigenvalue weighted by Gasteiger charge is -2.36. The Morgan fingerprint density at radius 3 is 2.39 bits per heavy atom. The largest absolute Gasteiger partial charge is 0.495 e. The summed E-state index contributed by atoms with van der Waals surface area (Å²) in [6.07, 6.45) is -3.55. The molecular formula is C19H20F3N3O3. The van der Waals surface area contributed by atoms with Gasteiger partial charge in [0.05, 0.1) is 12.8 Å². The Morgan fingerprint density at radius 2 is 1.75 bits per heavy atom. The fourth-order valence-electron chi connectivity index (χ4n) is 3.21. The highest BCUT2D eigenvalue weighted by molar-refractivity contribution is 5.76. The van der Waals surface area contributed by atoms with E-state index in [9.17, 15) is 22.8 Å². The predicted molar refractivity (Wildman–Crippen MR) is 97.5 cm³/mol. The molecule has 1 fully saturated rings. The van der Waals surface area contributed by atoms with Gasteiger partial charge in [-0.1, -0.05) is 12.1 Å². The lowest BCUT2D eigenvalue weighted by molar-refractivity contribution is -0.139.